The number of hydrogen-bond donors (Lipinski definition) is 1. The van der Waals surface area contributed by atoms with E-state index in [4.69, 9.17) is 18.9 Å². The number of carbonyl (C=O) groups is 2. The van der Waals surface area contributed by atoms with Gasteiger partial charge in [-0.25, -0.2) is 4.79 Å². The largest absolute Gasteiger partial charge is 0.497 e. The highest BCUT2D eigenvalue weighted by Crippen LogP contribution is 2.49. The summed E-state index contributed by atoms with van der Waals surface area (Å²) in [5.74, 6) is -0.155. The van der Waals surface area contributed by atoms with Crippen molar-refractivity contribution in [3.05, 3.63) is 88.0 Å². The Labute approximate surface area is 215 Å². The molecule has 0 amide bonds. The fourth-order valence-electron chi connectivity index (χ4n) is 5.24. The van der Waals surface area contributed by atoms with Gasteiger partial charge in [-0.05, 0) is 62.3 Å². The van der Waals surface area contributed by atoms with Gasteiger partial charge in [0.25, 0.3) is 0 Å². The van der Waals surface area contributed by atoms with Gasteiger partial charge in [0.1, 0.15) is 17.3 Å². The maximum atomic E-state index is 14.0. The summed E-state index contributed by atoms with van der Waals surface area (Å²) in [5.41, 5.74) is 4.63. The third-order valence-corrected chi connectivity index (χ3v) is 6.93. The van der Waals surface area contributed by atoms with Crippen molar-refractivity contribution < 1.29 is 28.5 Å². The summed E-state index contributed by atoms with van der Waals surface area (Å²) in [6.07, 6.45) is 3.56. The lowest BCUT2D eigenvalue weighted by Gasteiger charge is -2.29. The molecule has 37 heavy (non-hydrogen) atoms. The second-order valence-corrected chi connectivity index (χ2v) is 9.15. The fraction of sp³-hybridized carbons (Fsp3) is 0.267. The number of ketones is 1. The predicted molar refractivity (Wildman–Crippen MR) is 140 cm³/mol. The second-order valence-electron chi connectivity index (χ2n) is 9.15. The first kappa shape index (κ1) is 24.4. The van der Waals surface area contributed by atoms with Crippen molar-refractivity contribution in [2.24, 2.45) is 5.92 Å². The predicted octanol–water partition coefficient (Wildman–Crippen LogP) is 5.61. The number of aromatic amines is 1. The minimum atomic E-state index is -0.725. The molecule has 0 radical (unpaired) electrons. The Morgan fingerprint density at radius 2 is 1.76 bits per heavy atom. The number of benzene rings is 2. The summed E-state index contributed by atoms with van der Waals surface area (Å²) in [6, 6.07) is 13.3. The molecule has 2 unspecified atom stereocenters. The Kier molecular flexibility index (Phi) is 6.38. The van der Waals surface area contributed by atoms with Crippen molar-refractivity contribution in [3.8, 4) is 11.5 Å². The molecule has 1 fully saturated rings. The quantitative estimate of drug-likeness (QED) is 0.350. The Bertz CT molecular complexity index is 1480. The highest BCUT2D eigenvalue weighted by molar-refractivity contribution is 6.07. The molecule has 2 atom stereocenters. The van der Waals surface area contributed by atoms with E-state index < -0.39 is 17.8 Å². The van der Waals surface area contributed by atoms with Crippen LogP contribution in [0.25, 0.3) is 17.0 Å². The monoisotopic (exact) mass is 499 g/mol. The van der Waals surface area contributed by atoms with Crippen LogP contribution in [0.4, 0.5) is 0 Å². The molecule has 0 bridgehead atoms. The van der Waals surface area contributed by atoms with E-state index in [1.807, 2.05) is 50.2 Å². The number of aromatic nitrogens is 1. The number of para-hydroxylation sites is 1. The van der Waals surface area contributed by atoms with Gasteiger partial charge >= 0.3 is 5.97 Å². The molecule has 2 aliphatic rings. The third-order valence-electron chi connectivity index (χ3n) is 6.93. The molecular weight excluding hydrogens is 470 g/mol. The Balaban J connectivity index is 1.65. The Hall–Kier alpha value is -4.26. The van der Waals surface area contributed by atoms with Crippen LogP contribution >= 0.6 is 0 Å². The number of aryl methyl sites for hydroxylation is 1. The van der Waals surface area contributed by atoms with E-state index in [0.29, 0.717) is 34.0 Å². The van der Waals surface area contributed by atoms with Gasteiger partial charge in [-0.15, -0.1) is 0 Å². The third kappa shape index (κ3) is 4.20. The Morgan fingerprint density at radius 3 is 2.43 bits per heavy atom. The number of nitrogens with one attached hydrogen (secondary N) is 1. The standard InChI is InChI=1S/C30H29NO6/c1-6-36-30(33)26-16(2)11-24-28(27(26)18-12-19(34-4)14-20(13-18)35-5)29(32)25(37-24)15-22-17(3)31-23-10-8-7-9-21(22)23/h7-15,27-28,31H,6H2,1-5H3/b25-15-. The lowest BCUT2D eigenvalue weighted by Crippen LogP contribution is -2.29. The number of ether oxygens (including phenoxy) is 4. The first-order valence-corrected chi connectivity index (χ1v) is 12.2. The van der Waals surface area contributed by atoms with E-state index in [1.165, 1.54) is 0 Å². The number of fused-ring (bicyclic) bond motifs is 2. The average Bonchev–Trinajstić information content (AvgIpc) is 3.38. The number of H-pyrrole nitrogens is 1. The molecule has 0 spiro atoms. The molecule has 1 aromatic heterocycles. The molecule has 1 aliphatic carbocycles. The van der Waals surface area contributed by atoms with Gasteiger partial charge < -0.3 is 23.9 Å². The number of allylic oxidation sites excluding steroid dienone is 4. The molecule has 2 aromatic carbocycles. The lowest BCUT2D eigenvalue weighted by molar-refractivity contribution is -0.139. The zero-order valence-electron chi connectivity index (χ0n) is 21.5. The van der Waals surface area contributed by atoms with Gasteiger partial charge in [0, 0.05) is 39.7 Å². The van der Waals surface area contributed by atoms with Gasteiger partial charge in [-0.3, -0.25) is 4.79 Å². The first-order chi connectivity index (χ1) is 17.9. The summed E-state index contributed by atoms with van der Waals surface area (Å²) < 4.78 is 22.6. The zero-order chi connectivity index (χ0) is 26.3. The Morgan fingerprint density at radius 1 is 1.05 bits per heavy atom. The van der Waals surface area contributed by atoms with E-state index >= 15 is 0 Å². The van der Waals surface area contributed by atoms with Gasteiger partial charge in [0.05, 0.1) is 26.7 Å². The minimum Gasteiger partial charge on any atom is -0.497 e. The molecule has 7 nitrogen and oxygen atoms in total. The highest BCUT2D eigenvalue weighted by Gasteiger charge is 2.48. The van der Waals surface area contributed by atoms with Gasteiger partial charge in [0.2, 0.25) is 5.78 Å². The smallest absolute Gasteiger partial charge is 0.334 e. The van der Waals surface area contributed by atoms with E-state index in [1.54, 1.807) is 39.4 Å². The molecule has 190 valence electrons. The molecule has 0 saturated carbocycles. The second kappa shape index (κ2) is 9.65. The normalized spacial score (nSPS) is 20.1. The van der Waals surface area contributed by atoms with Crippen LogP contribution in [0.3, 0.4) is 0 Å². The van der Waals surface area contributed by atoms with Gasteiger partial charge in [0.15, 0.2) is 5.76 Å². The number of hydrogen-bond acceptors (Lipinski definition) is 6. The van der Waals surface area contributed by atoms with Crippen molar-refractivity contribution in [2.45, 2.75) is 26.7 Å². The fourth-order valence-corrected chi connectivity index (χ4v) is 5.24. The van der Waals surface area contributed by atoms with Crippen LogP contribution in [0.5, 0.6) is 11.5 Å². The number of carbonyl (C=O) groups excluding carboxylic acids is 2. The van der Waals surface area contributed by atoms with E-state index in [9.17, 15) is 9.59 Å². The van der Waals surface area contributed by atoms with E-state index in [0.717, 1.165) is 22.2 Å². The van der Waals surface area contributed by atoms with Crippen LogP contribution in [-0.4, -0.2) is 37.6 Å². The summed E-state index contributed by atoms with van der Waals surface area (Å²) in [6.45, 7) is 5.78. The van der Waals surface area contributed by atoms with Gasteiger partial charge in [-0.1, -0.05) is 18.2 Å². The minimum absolute atomic E-state index is 0.197. The number of esters is 1. The van der Waals surface area contributed by atoms with Crippen molar-refractivity contribution in [1.82, 2.24) is 4.98 Å². The number of Topliss-reactive ketones (excluding diaryl/α,β-unsaturated/α-hetero) is 1. The molecule has 1 saturated heterocycles. The van der Waals surface area contributed by atoms with Crippen molar-refractivity contribution >= 4 is 28.7 Å². The summed E-state index contributed by atoms with van der Waals surface area (Å²) >= 11 is 0. The molecular formula is C30H29NO6. The van der Waals surface area contributed by atoms with Crippen molar-refractivity contribution in [1.29, 1.82) is 0 Å². The van der Waals surface area contributed by atoms with E-state index in [2.05, 4.69) is 4.98 Å². The average molecular weight is 500 g/mol. The highest BCUT2D eigenvalue weighted by atomic mass is 16.5. The maximum absolute atomic E-state index is 14.0. The molecule has 1 aliphatic heterocycles. The van der Waals surface area contributed by atoms with Crippen LogP contribution in [0.2, 0.25) is 0 Å². The van der Waals surface area contributed by atoms with Crippen LogP contribution < -0.4 is 9.47 Å². The van der Waals surface area contributed by atoms with Crippen LogP contribution in [0.15, 0.2) is 71.2 Å². The topological polar surface area (TPSA) is 86.9 Å². The van der Waals surface area contributed by atoms with Crippen LogP contribution in [-0.2, 0) is 19.1 Å². The molecule has 7 heteroatoms. The molecule has 1 N–H and O–H groups in total. The van der Waals surface area contributed by atoms with Crippen molar-refractivity contribution in [2.75, 3.05) is 20.8 Å². The lowest BCUT2D eigenvalue weighted by atomic mass is 9.73. The van der Waals surface area contributed by atoms with Crippen molar-refractivity contribution in [3.63, 3.8) is 0 Å². The first-order valence-electron chi connectivity index (χ1n) is 12.2. The molecule has 2 heterocycles. The van der Waals surface area contributed by atoms with Crippen LogP contribution in [0, 0.1) is 12.8 Å². The van der Waals surface area contributed by atoms with E-state index in [-0.39, 0.29) is 18.1 Å². The SMILES string of the molecule is CCOC(=O)C1=C(C)C=C2O/C(=C\c3c(C)[nH]c4ccccc34)C(=O)C2C1c1cc(OC)cc(OC)c1. The number of methoxy groups -OCH3 is 2. The maximum Gasteiger partial charge on any atom is 0.334 e. The summed E-state index contributed by atoms with van der Waals surface area (Å²) in [5, 5.41) is 1.00. The molecule has 3 aromatic rings. The zero-order valence-corrected chi connectivity index (χ0v) is 21.5. The number of rotatable bonds is 6. The van der Waals surface area contributed by atoms with Gasteiger partial charge in [-0.2, -0.15) is 0 Å². The van der Waals surface area contributed by atoms with Crippen LogP contribution in [0.1, 0.15) is 36.6 Å². The summed E-state index contributed by atoms with van der Waals surface area (Å²) in [4.78, 5) is 30.5. The summed E-state index contributed by atoms with van der Waals surface area (Å²) in [7, 11) is 3.12. The molecule has 5 rings (SSSR count).